The zero-order valence-electron chi connectivity index (χ0n) is 12.8. The molecule has 140 valence electrons. The minimum atomic E-state index is -5.40. The standard InChI is InChI=1S/C16H11F5I2N2O/c17-7-15(18,16(19,20)21)9-5-11(22)13(12(23)6-9)25-14(26)8-2-1-3-10(24)4-8/h1-6H,7,24H2,(H,25,26). The SMILES string of the molecule is Nc1cccc(C(=O)Nc2c(I)cc(C(F)(CF)C(F)(F)F)cc2I)c1. The summed E-state index contributed by atoms with van der Waals surface area (Å²) in [4.78, 5) is 12.3. The Balaban J connectivity index is 2.40. The van der Waals surface area contributed by atoms with Gasteiger partial charge in [-0.1, -0.05) is 6.07 Å². The number of halogens is 7. The number of amides is 1. The average molecular weight is 596 g/mol. The van der Waals surface area contributed by atoms with Crippen molar-refractivity contribution in [2.75, 3.05) is 17.7 Å². The smallest absolute Gasteiger partial charge is 0.399 e. The number of hydrogen-bond acceptors (Lipinski definition) is 2. The molecule has 2 aromatic rings. The van der Waals surface area contributed by atoms with Gasteiger partial charge in [-0.3, -0.25) is 4.79 Å². The molecule has 1 unspecified atom stereocenters. The van der Waals surface area contributed by atoms with Gasteiger partial charge in [0, 0.05) is 24.0 Å². The topological polar surface area (TPSA) is 55.1 Å². The van der Waals surface area contributed by atoms with Crippen LogP contribution < -0.4 is 11.1 Å². The molecule has 1 amide bonds. The van der Waals surface area contributed by atoms with Gasteiger partial charge in [0.1, 0.15) is 6.67 Å². The van der Waals surface area contributed by atoms with Crippen LogP contribution in [0.3, 0.4) is 0 Å². The van der Waals surface area contributed by atoms with Crippen LogP contribution in [0.25, 0.3) is 0 Å². The van der Waals surface area contributed by atoms with E-state index in [1.165, 1.54) is 12.1 Å². The van der Waals surface area contributed by atoms with Gasteiger partial charge in [0.2, 0.25) is 0 Å². The molecule has 0 radical (unpaired) electrons. The van der Waals surface area contributed by atoms with Crippen LogP contribution in [0.2, 0.25) is 0 Å². The number of carbonyl (C=O) groups excluding carboxylic acids is 1. The van der Waals surface area contributed by atoms with E-state index in [0.29, 0.717) is 5.69 Å². The summed E-state index contributed by atoms with van der Waals surface area (Å²) in [7, 11) is 0. The Morgan fingerprint density at radius 1 is 1.08 bits per heavy atom. The Kier molecular flexibility index (Phi) is 6.36. The predicted molar refractivity (Wildman–Crippen MR) is 105 cm³/mol. The Morgan fingerprint density at radius 2 is 1.65 bits per heavy atom. The normalized spacial score (nSPS) is 14.0. The molecule has 2 rings (SSSR count). The fourth-order valence-electron chi connectivity index (χ4n) is 2.10. The van der Waals surface area contributed by atoms with Gasteiger partial charge in [0.05, 0.1) is 5.69 Å². The summed E-state index contributed by atoms with van der Waals surface area (Å²) in [5.41, 5.74) is 1.46. The maximum Gasteiger partial charge on any atom is 0.429 e. The first-order valence-electron chi connectivity index (χ1n) is 6.97. The lowest BCUT2D eigenvalue weighted by Gasteiger charge is -2.26. The minimum absolute atomic E-state index is 0.140. The quantitative estimate of drug-likeness (QED) is 0.282. The van der Waals surface area contributed by atoms with Crippen LogP contribution in [0.15, 0.2) is 36.4 Å². The second-order valence-corrected chi connectivity index (χ2v) is 7.65. The van der Waals surface area contributed by atoms with Gasteiger partial charge in [-0.15, -0.1) is 0 Å². The molecule has 0 aromatic heterocycles. The van der Waals surface area contributed by atoms with E-state index in [0.717, 1.165) is 12.1 Å². The highest BCUT2D eigenvalue weighted by atomic mass is 127. The van der Waals surface area contributed by atoms with E-state index >= 15 is 0 Å². The molecule has 0 fully saturated rings. The molecular formula is C16H11F5I2N2O. The molecular weight excluding hydrogens is 585 g/mol. The molecule has 0 saturated carbocycles. The summed E-state index contributed by atoms with van der Waals surface area (Å²) in [6, 6.07) is 7.84. The van der Waals surface area contributed by atoms with E-state index in [9.17, 15) is 26.7 Å². The van der Waals surface area contributed by atoms with Gasteiger partial charge in [0.25, 0.3) is 11.6 Å². The van der Waals surface area contributed by atoms with Crippen LogP contribution in [-0.4, -0.2) is 18.8 Å². The van der Waals surface area contributed by atoms with Crippen LogP contribution in [-0.2, 0) is 5.67 Å². The highest BCUT2D eigenvalue weighted by Gasteiger charge is 2.58. The molecule has 3 N–H and O–H groups in total. The first-order valence-corrected chi connectivity index (χ1v) is 9.13. The number of nitrogen functional groups attached to an aromatic ring is 1. The fraction of sp³-hybridized carbons (Fsp3) is 0.188. The third-order valence-corrected chi connectivity index (χ3v) is 5.22. The number of nitrogens with two attached hydrogens (primary N) is 1. The molecule has 0 saturated heterocycles. The van der Waals surface area contributed by atoms with E-state index in [1.807, 2.05) is 0 Å². The number of rotatable bonds is 4. The first-order chi connectivity index (χ1) is 12.0. The molecule has 0 aliphatic heterocycles. The zero-order chi connectivity index (χ0) is 19.7. The Morgan fingerprint density at radius 3 is 2.12 bits per heavy atom. The number of benzene rings is 2. The number of anilines is 2. The number of alkyl halides is 5. The molecule has 10 heteroatoms. The summed E-state index contributed by atoms with van der Waals surface area (Å²) in [6.07, 6.45) is -5.40. The summed E-state index contributed by atoms with van der Waals surface area (Å²) < 4.78 is 66.1. The first kappa shape index (κ1) is 21.1. The van der Waals surface area contributed by atoms with Crippen molar-refractivity contribution in [1.82, 2.24) is 0 Å². The highest BCUT2D eigenvalue weighted by molar-refractivity contribution is 14.1. The Bertz CT molecular complexity index is 821. The predicted octanol–water partition coefficient (Wildman–Crippen LogP) is 5.43. The van der Waals surface area contributed by atoms with Crippen LogP contribution in [0.5, 0.6) is 0 Å². The molecule has 0 spiro atoms. The average Bonchev–Trinajstić information content (AvgIpc) is 2.55. The summed E-state index contributed by atoms with van der Waals surface area (Å²) in [5.74, 6) is -0.534. The van der Waals surface area contributed by atoms with Crippen LogP contribution in [0, 0.1) is 7.14 Å². The molecule has 0 bridgehead atoms. The maximum atomic E-state index is 14.2. The third-order valence-electron chi connectivity index (χ3n) is 3.52. The third kappa shape index (κ3) is 4.21. The lowest BCUT2D eigenvalue weighted by Crippen LogP contribution is -2.40. The number of hydrogen-bond donors (Lipinski definition) is 2. The molecule has 0 heterocycles. The van der Waals surface area contributed by atoms with Gasteiger partial charge in [0.15, 0.2) is 0 Å². The van der Waals surface area contributed by atoms with Gasteiger partial charge in [-0.05, 0) is 75.5 Å². The molecule has 0 aliphatic carbocycles. The van der Waals surface area contributed by atoms with Gasteiger partial charge < -0.3 is 11.1 Å². The van der Waals surface area contributed by atoms with Crippen molar-refractivity contribution < 1.29 is 26.7 Å². The lowest BCUT2D eigenvalue weighted by atomic mass is 9.96. The van der Waals surface area contributed by atoms with Crippen molar-refractivity contribution in [3.8, 4) is 0 Å². The van der Waals surface area contributed by atoms with Gasteiger partial charge in [-0.25, -0.2) is 8.78 Å². The monoisotopic (exact) mass is 596 g/mol. The molecule has 1 atom stereocenters. The van der Waals surface area contributed by atoms with Crippen molar-refractivity contribution in [2.45, 2.75) is 11.8 Å². The van der Waals surface area contributed by atoms with E-state index in [-0.39, 0.29) is 18.4 Å². The van der Waals surface area contributed by atoms with Gasteiger partial charge in [-0.2, -0.15) is 13.2 Å². The molecule has 2 aromatic carbocycles. The van der Waals surface area contributed by atoms with E-state index in [4.69, 9.17) is 5.73 Å². The summed E-state index contributed by atoms with van der Waals surface area (Å²) in [5, 5.41) is 2.55. The maximum absolute atomic E-state index is 14.2. The van der Waals surface area contributed by atoms with Crippen LogP contribution in [0.4, 0.5) is 33.3 Å². The minimum Gasteiger partial charge on any atom is -0.399 e. The van der Waals surface area contributed by atoms with Crippen molar-refractivity contribution in [3.63, 3.8) is 0 Å². The molecule has 0 aliphatic rings. The second-order valence-electron chi connectivity index (χ2n) is 5.33. The number of nitrogens with one attached hydrogen (secondary N) is 1. The second kappa shape index (κ2) is 7.82. The zero-order valence-corrected chi connectivity index (χ0v) is 17.1. The summed E-state index contributed by atoms with van der Waals surface area (Å²) in [6.45, 7) is -2.24. The van der Waals surface area contributed by atoms with Crippen molar-refractivity contribution in [3.05, 3.63) is 54.7 Å². The van der Waals surface area contributed by atoms with Gasteiger partial charge >= 0.3 is 6.18 Å². The number of carbonyl (C=O) groups is 1. The highest BCUT2D eigenvalue weighted by Crippen LogP contribution is 2.44. The molecule has 26 heavy (non-hydrogen) atoms. The van der Waals surface area contributed by atoms with E-state index in [1.54, 1.807) is 57.3 Å². The Labute approximate surface area is 172 Å². The van der Waals surface area contributed by atoms with E-state index < -0.39 is 30.0 Å². The van der Waals surface area contributed by atoms with Crippen molar-refractivity contribution >= 4 is 62.5 Å². The summed E-state index contributed by atoms with van der Waals surface area (Å²) >= 11 is 3.31. The lowest BCUT2D eigenvalue weighted by molar-refractivity contribution is -0.240. The van der Waals surface area contributed by atoms with Crippen molar-refractivity contribution in [2.24, 2.45) is 0 Å². The van der Waals surface area contributed by atoms with E-state index in [2.05, 4.69) is 5.32 Å². The fourth-order valence-corrected chi connectivity index (χ4v) is 4.14. The van der Waals surface area contributed by atoms with Crippen LogP contribution in [0.1, 0.15) is 15.9 Å². The largest absolute Gasteiger partial charge is 0.429 e. The molecule has 3 nitrogen and oxygen atoms in total. The van der Waals surface area contributed by atoms with Crippen molar-refractivity contribution in [1.29, 1.82) is 0 Å². The van der Waals surface area contributed by atoms with Crippen LogP contribution >= 0.6 is 45.2 Å². The Hall–Kier alpha value is -1.18.